The zero-order chi connectivity index (χ0) is 9.40. The summed E-state index contributed by atoms with van der Waals surface area (Å²) >= 11 is 0. The predicted molar refractivity (Wildman–Crippen MR) is 49.8 cm³/mol. The molecular weight excluding hydrogens is 152 g/mol. The standard InChI is InChI=1S/C10H16O2/c1-4-8-12-10(11)7-5-6-9(2)3/h4-5,7,9H,1,6,8H2,2-3H3/b7-5+. The van der Waals surface area contributed by atoms with Crippen LogP contribution in [-0.2, 0) is 9.53 Å². The van der Waals surface area contributed by atoms with Crippen LogP contribution in [0.2, 0.25) is 0 Å². The summed E-state index contributed by atoms with van der Waals surface area (Å²) in [4.78, 5) is 10.8. The van der Waals surface area contributed by atoms with Crippen LogP contribution in [0.4, 0.5) is 0 Å². The molecule has 0 atom stereocenters. The first kappa shape index (κ1) is 11.0. The van der Waals surface area contributed by atoms with E-state index in [0.29, 0.717) is 5.92 Å². The van der Waals surface area contributed by atoms with Gasteiger partial charge in [-0.15, -0.1) is 0 Å². The van der Waals surface area contributed by atoms with E-state index in [4.69, 9.17) is 4.74 Å². The lowest BCUT2D eigenvalue weighted by molar-refractivity contribution is -0.136. The van der Waals surface area contributed by atoms with Crippen LogP contribution in [0.3, 0.4) is 0 Å². The monoisotopic (exact) mass is 168 g/mol. The van der Waals surface area contributed by atoms with Gasteiger partial charge in [0.15, 0.2) is 0 Å². The lowest BCUT2D eigenvalue weighted by Crippen LogP contribution is -1.99. The molecule has 2 heteroatoms. The predicted octanol–water partition coefficient (Wildman–Crippen LogP) is 2.32. The fourth-order valence-corrected chi connectivity index (χ4v) is 0.626. The zero-order valence-electron chi connectivity index (χ0n) is 7.75. The van der Waals surface area contributed by atoms with Gasteiger partial charge in [-0.25, -0.2) is 4.79 Å². The minimum atomic E-state index is -0.296. The van der Waals surface area contributed by atoms with Gasteiger partial charge >= 0.3 is 5.97 Å². The average molecular weight is 168 g/mol. The summed E-state index contributed by atoms with van der Waals surface area (Å²) in [6.45, 7) is 7.92. The number of carbonyl (C=O) groups is 1. The van der Waals surface area contributed by atoms with Crippen molar-refractivity contribution in [2.75, 3.05) is 6.61 Å². The van der Waals surface area contributed by atoms with Crippen LogP contribution in [0.15, 0.2) is 24.8 Å². The molecule has 0 aliphatic heterocycles. The van der Waals surface area contributed by atoms with Gasteiger partial charge in [0.25, 0.3) is 0 Å². The molecule has 0 bridgehead atoms. The highest BCUT2D eigenvalue weighted by atomic mass is 16.5. The number of hydrogen-bond acceptors (Lipinski definition) is 2. The average Bonchev–Trinajstić information content (AvgIpc) is 2.00. The third-order valence-electron chi connectivity index (χ3n) is 1.20. The van der Waals surface area contributed by atoms with Crippen molar-refractivity contribution in [1.82, 2.24) is 0 Å². The quantitative estimate of drug-likeness (QED) is 0.358. The van der Waals surface area contributed by atoms with E-state index < -0.39 is 0 Å². The van der Waals surface area contributed by atoms with Crippen molar-refractivity contribution < 1.29 is 9.53 Å². The molecule has 0 heterocycles. The van der Waals surface area contributed by atoms with Crippen LogP contribution in [0.25, 0.3) is 0 Å². The molecule has 0 aliphatic rings. The molecule has 0 aromatic carbocycles. The Balaban J connectivity index is 3.53. The van der Waals surface area contributed by atoms with E-state index in [9.17, 15) is 4.79 Å². The van der Waals surface area contributed by atoms with Gasteiger partial charge in [-0.1, -0.05) is 32.6 Å². The maximum atomic E-state index is 10.8. The van der Waals surface area contributed by atoms with Crippen molar-refractivity contribution in [2.24, 2.45) is 5.92 Å². The molecular formula is C10H16O2. The van der Waals surface area contributed by atoms with Crippen molar-refractivity contribution >= 4 is 5.97 Å². The van der Waals surface area contributed by atoms with Crippen LogP contribution in [-0.4, -0.2) is 12.6 Å². The van der Waals surface area contributed by atoms with Gasteiger partial charge < -0.3 is 4.74 Å². The third-order valence-corrected chi connectivity index (χ3v) is 1.20. The van der Waals surface area contributed by atoms with Gasteiger partial charge in [0, 0.05) is 6.08 Å². The molecule has 0 unspecified atom stereocenters. The van der Waals surface area contributed by atoms with E-state index in [1.165, 1.54) is 6.08 Å². The molecule has 0 fully saturated rings. The lowest BCUT2D eigenvalue weighted by atomic mass is 10.1. The summed E-state index contributed by atoms with van der Waals surface area (Å²) in [5.74, 6) is 0.281. The number of ether oxygens (including phenoxy) is 1. The lowest BCUT2D eigenvalue weighted by Gasteiger charge is -1.97. The van der Waals surface area contributed by atoms with E-state index in [0.717, 1.165) is 6.42 Å². The Kier molecular flexibility index (Phi) is 6.07. The maximum Gasteiger partial charge on any atom is 0.330 e. The maximum absolute atomic E-state index is 10.8. The summed E-state index contributed by atoms with van der Waals surface area (Å²) in [5.41, 5.74) is 0. The Labute approximate surface area is 73.9 Å². The van der Waals surface area contributed by atoms with E-state index in [1.54, 1.807) is 6.08 Å². The minimum Gasteiger partial charge on any atom is -0.458 e. The largest absolute Gasteiger partial charge is 0.458 e. The van der Waals surface area contributed by atoms with Gasteiger partial charge in [0.2, 0.25) is 0 Å². The second-order valence-corrected chi connectivity index (χ2v) is 2.95. The molecule has 0 spiro atoms. The summed E-state index contributed by atoms with van der Waals surface area (Å²) in [7, 11) is 0. The second kappa shape index (κ2) is 6.65. The number of rotatable bonds is 5. The van der Waals surface area contributed by atoms with Crippen molar-refractivity contribution in [3.05, 3.63) is 24.8 Å². The first-order valence-electron chi connectivity index (χ1n) is 4.11. The Hall–Kier alpha value is -1.05. The smallest absolute Gasteiger partial charge is 0.330 e. The van der Waals surface area contributed by atoms with Gasteiger partial charge in [-0.05, 0) is 12.3 Å². The number of carbonyl (C=O) groups excluding carboxylic acids is 1. The van der Waals surface area contributed by atoms with Gasteiger partial charge in [0.05, 0.1) is 0 Å². The molecule has 0 saturated heterocycles. The van der Waals surface area contributed by atoms with E-state index in [1.807, 2.05) is 6.08 Å². The topological polar surface area (TPSA) is 26.3 Å². The van der Waals surface area contributed by atoms with Crippen LogP contribution < -0.4 is 0 Å². The molecule has 0 radical (unpaired) electrons. The molecule has 68 valence electrons. The highest BCUT2D eigenvalue weighted by molar-refractivity contribution is 5.81. The Bertz CT molecular complexity index is 169. The van der Waals surface area contributed by atoms with Crippen molar-refractivity contribution in [3.8, 4) is 0 Å². The van der Waals surface area contributed by atoms with Gasteiger partial charge in [-0.2, -0.15) is 0 Å². The highest BCUT2D eigenvalue weighted by Crippen LogP contribution is 1.99. The Morgan fingerprint density at radius 1 is 1.58 bits per heavy atom. The Morgan fingerprint density at radius 3 is 2.75 bits per heavy atom. The molecule has 0 saturated carbocycles. The Morgan fingerprint density at radius 2 is 2.25 bits per heavy atom. The number of allylic oxidation sites excluding steroid dienone is 1. The normalized spacial score (nSPS) is 10.6. The first-order chi connectivity index (χ1) is 5.66. The third kappa shape index (κ3) is 7.06. The van der Waals surface area contributed by atoms with Crippen LogP contribution in [0.1, 0.15) is 20.3 Å². The van der Waals surface area contributed by atoms with Crippen LogP contribution in [0, 0.1) is 5.92 Å². The molecule has 0 aromatic heterocycles. The number of hydrogen-bond donors (Lipinski definition) is 0. The molecule has 12 heavy (non-hydrogen) atoms. The molecule has 0 rings (SSSR count). The van der Waals surface area contributed by atoms with E-state index in [-0.39, 0.29) is 12.6 Å². The van der Waals surface area contributed by atoms with Gasteiger partial charge in [0.1, 0.15) is 6.61 Å². The van der Waals surface area contributed by atoms with Crippen molar-refractivity contribution in [1.29, 1.82) is 0 Å². The van der Waals surface area contributed by atoms with Crippen LogP contribution in [0.5, 0.6) is 0 Å². The number of esters is 1. The molecule has 0 amide bonds. The summed E-state index contributed by atoms with van der Waals surface area (Å²) < 4.78 is 4.73. The summed E-state index contributed by atoms with van der Waals surface area (Å²) in [5, 5.41) is 0. The van der Waals surface area contributed by atoms with Crippen molar-refractivity contribution in [3.63, 3.8) is 0 Å². The summed E-state index contributed by atoms with van der Waals surface area (Å²) in [6.07, 6.45) is 5.75. The molecule has 0 N–H and O–H groups in total. The second-order valence-electron chi connectivity index (χ2n) is 2.95. The van der Waals surface area contributed by atoms with E-state index in [2.05, 4.69) is 20.4 Å². The van der Waals surface area contributed by atoms with Crippen LogP contribution >= 0.6 is 0 Å². The van der Waals surface area contributed by atoms with Gasteiger partial charge in [-0.3, -0.25) is 0 Å². The highest BCUT2D eigenvalue weighted by Gasteiger charge is 1.93. The summed E-state index contributed by atoms with van der Waals surface area (Å²) in [6, 6.07) is 0. The minimum absolute atomic E-state index is 0.283. The fraction of sp³-hybridized carbons (Fsp3) is 0.500. The van der Waals surface area contributed by atoms with E-state index >= 15 is 0 Å². The SMILES string of the molecule is C=CCOC(=O)/C=C/CC(C)C. The molecule has 0 aliphatic carbocycles. The first-order valence-corrected chi connectivity index (χ1v) is 4.11. The zero-order valence-corrected chi connectivity index (χ0v) is 7.75. The fourth-order valence-electron chi connectivity index (χ4n) is 0.626. The van der Waals surface area contributed by atoms with Crippen molar-refractivity contribution in [2.45, 2.75) is 20.3 Å². The molecule has 0 aromatic rings. The molecule has 2 nitrogen and oxygen atoms in total.